The summed E-state index contributed by atoms with van der Waals surface area (Å²) in [5, 5.41) is 0. The molecule has 106 valence electrons. The Morgan fingerprint density at radius 3 is 2.40 bits per heavy atom. The average Bonchev–Trinajstić information content (AvgIpc) is 2.37. The Kier molecular flexibility index (Phi) is 3.74. The molecule has 0 radical (unpaired) electrons. The molecule has 3 nitrogen and oxygen atoms in total. The third-order valence-corrected chi connectivity index (χ3v) is 2.64. The fourth-order valence-electron chi connectivity index (χ4n) is 1.77. The van der Waals surface area contributed by atoms with E-state index in [1.54, 1.807) is 24.3 Å². The van der Waals surface area contributed by atoms with E-state index in [2.05, 4.69) is 4.74 Å². The van der Waals surface area contributed by atoms with E-state index in [4.69, 9.17) is 10.5 Å². The van der Waals surface area contributed by atoms with Gasteiger partial charge in [-0.1, -0.05) is 12.1 Å². The number of ether oxygens (including phenoxy) is 2. The smallest absolute Gasteiger partial charge is 0.497 e. The number of anilines is 1. The van der Waals surface area contributed by atoms with Gasteiger partial charge in [0.1, 0.15) is 11.5 Å². The first-order chi connectivity index (χ1) is 9.39. The van der Waals surface area contributed by atoms with Crippen LogP contribution in [0.4, 0.5) is 18.9 Å². The van der Waals surface area contributed by atoms with Gasteiger partial charge in [0, 0.05) is 11.3 Å². The zero-order valence-corrected chi connectivity index (χ0v) is 10.6. The van der Waals surface area contributed by atoms with Crippen LogP contribution in [0.15, 0.2) is 42.5 Å². The molecule has 20 heavy (non-hydrogen) atoms. The van der Waals surface area contributed by atoms with Crippen molar-refractivity contribution in [1.82, 2.24) is 0 Å². The van der Waals surface area contributed by atoms with E-state index in [1.807, 2.05) is 0 Å². The summed E-state index contributed by atoms with van der Waals surface area (Å²) in [6.07, 6.45) is -4.72. The highest BCUT2D eigenvalue weighted by molar-refractivity contribution is 5.78. The topological polar surface area (TPSA) is 44.5 Å². The van der Waals surface area contributed by atoms with E-state index < -0.39 is 6.36 Å². The lowest BCUT2D eigenvalue weighted by Gasteiger charge is -2.12. The van der Waals surface area contributed by atoms with Gasteiger partial charge in [0.2, 0.25) is 0 Å². The Labute approximate surface area is 113 Å². The van der Waals surface area contributed by atoms with E-state index in [1.165, 1.54) is 25.3 Å². The standard InChI is InChI=1S/C14H12F3NO2/c1-19-10-5-6-13(18)12(8-10)9-3-2-4-11(7-9)20-14(15,16)17/h2-8H,18H2,1H3. The van der Waals surface area contributed by atoms with Crippen LogP contribution in [0.1, 0.15) is 0 Å². The van der Waals surface area contributed by atoms with Crippen LogP contribution in [0.3, 0.4) is 0 Å². The molecule has 0 fully saturated rings. The Morgan fingerprint density at radius 1 is 1.00 bits per heavy atom. The molecule has 0 aliphatic rings. The third kappa shape index (κ3) is 3.34. The lowest BCUT2D eigenvalue weighted by molar-refractivity contribution is -0.274. The SMILES string of the molecule is COc1ccc(N)c(-c2cccc(OC(F)(F)F)c2)c1. The third-order valence-electron chi connectivity index (χ3n) is 2.64. The molecule has 6 heteroatoms. The predicted octanol–water partition coefficient (Wildman–Crippen LogP) is 3.84. The summed E-state index contributed by atoms with van der Waals surface area (Å²) in [5.74, 6) is 0.272. The Hall–Kier alpha value is -2.37. The Balaban J connectivity index is 2.40. The van der Waals surface area contributed by atoms with Gasteiger partial charge in [-0.3, -0.25) is 0 Å². The first kappa shape index (κ1) is 14.0. The Morgan fingerprint density at radius 2 is 1.75 bits per heavy atom. The van der Waals surface area contributed by atoms with Gasteiger partial charge in [-0.25, -0.2) is 0 Å². The van der Waals surface area contributed by atoms with Crippen molar-refractivity contribution in [1.29, 1.82) is 0 Å². The summed E-state index contributed by atoms with van der Waals surface area (Å²) in [7, 11) is 1.50. The molecule has 0 aliphatic heterocycles. The van der Waals surface area contributed by atoms with Crippen molar-refractivity contribution in [2.45, 2.75) is 6.36 Å². The minimum absolute atomic E-state index is 0.294. The second kappa shape index (κ2) is 5.32. The lowest BCUT2D eigenvalue weighted by Crippen LogP contribution is -2.17. The number of nitrogens with two attached hydrogens (primary N) is 1. The number of hydrogen-bond acceptors (Lipinski definition) is 3. The monoisotopic (exact) mass is 283 g/mol. The number of alkyl halides is 3. The van der Waals surface area contributed by atoms with Gasteiger partial charge in [0.25, 0.3) is 0 Å². The molecule has 0 atom stereocenters. The largest absolute Gasteiger partial charge is 0.573 e. The summed E-state index contributed by atoms with van der Waals surface area (Å²) in [4.78, 5) is 0. The van der Waals surface area contributed by atoms with E-state index >= 15 is 0 Å². The van der Waals surface area contributed by atoms with Crippen molar-refractivity contribution in [2.75, 3.05) is 12.8 Å². The number of halogens is 3. The summed E-state index contributed by atoms with van der Waals surface area (Å²) >= 11 is 0. The summed E-state index contributed by atoms with van der Waals surface area (Å²) < 4.78 is 45.6. The molecule has 0 saturated carbocycles. The van der Waals surface area contributed by atoms with Gasteiger partial charge in [0.05, 0.1) is 7.11 Å². The molecule has 0 saturated heterocycles. The predicted molar refractivity (Wildman–Crippen MR) is 69.5 cm³/mol. The van der Waals surface area contributed by atoms with Crippen molar-refractivity contribution >= 4 is 5.69 Å². The van der Waals surface area contributed by atoms with Crippen LogP contribution in [-0.4, -0.2) is 13.5 Å². The van der Waals surface area contributed by atoms with Crippen LogP contribution < -0.4 is 15.2 Å². The van der Waals surface area contributed by atoms with Gasteiger partial charge >= 0.3 is 6.36 Å². The fraction of sp³-hybridized carbons (Fsp3) is 0.143. The zero-order chi connectivity index (χ0) is 14.8. The normalized spacial score (nSPS) is 11.2. The fourth-order valence-corrected chi connectivity index (χ4v) is 1.77. The minimum Gasteiger partial charge on any atom is -0.497 e. The van der Waals surface area contributed by atoms with Crippen LogP contribution in [-0.2, 0) is 0 Å². The molecule has 0 bridgehead atoms. The molecule has 0 unspecified atom stereocenters. The number of benzene rings is 2. The van der Waals surface area contributed by atoms with Gasteiger partial charge in [-0.2, -0.15) is 0 Å². The van der Waals surface area contributed by atoms with Crippen LogP contribution in [0.5, 0.6) is 11.5 Å². The zero-order valence-electron chi connectivity index (χ0n) is 10.6. The summed E-state index contributed by atoms with van der Waals surface area (Å²) in [6.45, 7) is 0. The van der Waals surface area contributed by atoms with Crippen LogP contribution in [0.2, 0.25) is 0 Å². The second-order valence-electron chi connectivity index (χ2n) is 4.03. The van der Waals surface area contributed by atoms with Gasteiger partial charge in [-0.05, 0) is 35.9 Å². The Bertz CT molecular complexity index is 612. The molecule has 0 spiro atoms. The molecule has 2 N–H and O–H groups in total. The van der Waals surface area contributed by atoms with Crippen LogP contribution >= 0.6 is 0 Å². The van der Waals surface area contributed by atoms with Gasteiger partial charge in [0.15, 0.2) is 0 Å². The molecule has 2 rings (SSSR count). The van der Waals surface area contributed by atoms with Gasteiger partial charge < -0.3 is 15.2 Å². The van der Waals surface area contributed by atoms with Crippen molar-refractivity contribution < 1.29 is 22.6 Å². The summed E-state index contributed by atoms with van der Waals surface area (Å²) in [6, 6.07) is 10.6. The van der Waals surface area contributed by atoms with Crippen molar-refractivity contribution in [3.63, 3.8) is 0 Å². The molecule has 0 aliphatic carbocycles. The van der Waals surface area contributed by atoms with E-state index in [0.717, 1.165) is 0 Å². The number of hydrogen-bond donors (Lipinski definition) is 1. The number of rotatable bonds is 3. The minimum atomic E-state index is -4.72. The molecular formula is C14H12F3NO2. The first-order valence-electron chi connectivity index (χ1n) is 5.69. The van der Waals surface area contributed by atoms with E-state index in [9.17, 15) is 13.2 Å². The average molecular weight is 283 g/mol. The van der Waals surface area contributed by atoms with E-state index in [0.29, 0.717) is 22.6 Å². The van der Waals surface area contributed by atoms with Crippen molar-refractivity contribution in [2.24, 2.45) is 0 Å². The lowest BCUT2D eigenvalue weighted by atomic mass is 10.0. The molecule has 0 heterocycles. The highest BCUT2D eigenvalue weighted by atomic mass is 19.4. The van der Waals surface area contributed by atoms with Crippen LogP contribution in [0.25, 0.3) is 11.1 Å². The maximum absolute atomic E-state index is 12.2. The van der Waals surface area contributed by atoms with Crippen LogP contribution in [0, 0.1) is 0 Å². The first-order valence-corrected chi connectivity index (χ1v) is 5.69. The molecule has 2 aromatic rings. The highest BCUT2D eigenvalue weighted by Crippen LogP contribution is 2.33. The molecule has 2 aromatic carbocycles. The highest BCUT2D eigenvalue weighted by Gasteiger charge is 2.31. The number of nitrogen functional groups attached to an aromatic ring is 1. The molecule has 0 aromatic heterocycles. The maximum Gasteiger partial charge on any atom is 0.573 e. The molecule has 0 amide bonds. The van der Waals surface area contributed by atoms with Crippen molar-refractivity contribution in [3.8, 4) is 22.6 Å². The van der Waals surface area contributed by atoms with Gasteiger partial charge in [-0.15, -0.1) is 13.2 Å². The second-order valence-corrected chi connectivity index (χ2v) is 4.03. The summed E-state index contributed by atoms with van der Waals surface area (Å²) in [5.41, 5.74) is 7.37. The van der Waals surface area contributed by atoms with Crippen molar-refractivity contribution in [3.05, 3.63) is 42.5 Å². The maximum atomic E-state index is 12.2. The van der Waals surface area contributed by atoms with E-state index in [-0.39, 0.29) is 5.75 Å². The number of methoxy groups -OCH3 is 1. The quantitative estimate of drug-likeness (QED) is 0.870. The molecular weight excluding hydrogens is 271 g/mol.